The van der Waals surface area contributed by atoms with Crippen LogP contribution >= 0.6 is 34.7 Å². The molecule has 0 fully saturated rings. The van der Waals surface area contributed by atoms with Gasteiger partial charge in [-0.05, 0) is 53.4 Å². The number of nitrogens with one attached hydrogen (secondary N) is 1. The van der Waals surface area contributed by atoms with Gasteiger partial charge in [0.2, 0.25) is 0 Å². The van der Waals surface area contributed by atoms with Gasteiger partial charge >= 0.3 is 0 Å². The number of amides is 1. The Balaban J connectivity index is 1.94. The van der Waals surface area contributed by atoms with Crippen molar-refractivity contribution in [3.63, 3.8) is 0 Å². The van der Waals surface area contributed by atoms with Gasteiger partial charge in [0.1, 0.15) is 5.56 Å². The second kappa shape index (κ2) is 8.61. The van der Waals surface area contributed by atoms with E-state index in [4.69, 9.17) is 11.6 Å². The molecule has 1 aromatic carbocycles. The van der Waals surface area contributed by atoms with Crippen LogP contribution in [0.25, 0.3) is 5.69 Å². The van der Waals surface area contributed by atoms with Crippen molar-refractivity contribution in [1.82, 2.24) is 9.88 Å². The van der Waals surface area contributed by atoms with Crippen LogP contribution in [-0.2, 0) is 6.42 Å². The fraction of sp³-hybridized carbons (Fsp3) is 0.304. The van der Waals surface area contributed by atoms with Gasteiger partial charge in [0.05, 0.1) is 5.69 Å². The lowest BCUT2D eigenvalue weighted by molar-refractivity contribution is 0.0946. The average molecular weight is 459 g/mol. The second-order valence-corrected chi connectivity index (χ2v) is 10.4. The lowest BCUT2D eigenvalue weighted by atomic mass is 10.0. The molecule has 1 N–H and O–H groups in total. The Morgan fingerprint density at radius 2 is 2.10 bits per heavy atom. The molecule has 3 aromatic rings. The van der Waals surface area contributed by atoms with Gasteiger partial charge in [0.25, 0.3) is 5.91 Å². The van der Waals surface area contributed by atoms with E-state index in [0.29, 0.717) is 23.9 Å². The minimum atomic E-state index is -0.302. The van der Waals surface area contributed by atoms with Crippen LogP contribution in [0.2, 0.25) is 5.02 Å². The predicted octanol–water partition coefficient (Wildman–Crippen LogP) is 5.64. The van der Waals surface area contributed by atoms with E-state index >= 15 is 0 Å². The number of thioether (sulfide) groups is 1. The summed E-state index contributed by atoms with van der Waals surface area (Å²) in [5.41, 5.74) is 3.72. The highest BCUT2D eigenvalue weighted by molar-refractivity contribution is 7.99. The molecule has 1 aliphatic heterocycles. The molecule has 4 rings (SSSR count). The number of rotatable bonds is 4. The summed E-state index contributed by atoms with van der Waals surface area (Å²) in [5, 5.41) is 7.87. The highest BCUT2D eigenvalue weighted by Crippen LogP contribution is 2.45. The van der Waals surface area contributed by atoms with Crippen molar-refractivity contribution >= 4 is 40.6 Å². The molecular weight excluding hydrogens is 436 g/mol. The molecule has 30 heavy (non-hydrogen) atoms. The topological polar surface area (TPSA) is 51.1 Å². The average Bonchev–Trinajstić information content (AvgIpc) is 3.16. The van der Waals surface area contributed by atoms with Crippen molar-refractivity contribution in [1.29, 1.82) is 0 Å². The summed E-state index contributed by atoms with van der Waals surface area (Å²) in [6.07, 6.45) is 0.578. The molecule has 0 aliphatic carbocycles. The number of carbonyl (C=O) groups excluding carboxylic acids is 1. The molecule has 1 amide bonds. The number of hydrogen-bond donors (Lipinski definition) is 1. The minimum Gasteiger partial charge on any atom is -0.352 e. The summed E-state index contributed by atoms with van der Waals surface area (Å²) >= 11 is 9.69. The van der Waals surface area contributed by atoms with Crippen LogP contribution in [0, 0.1) is 12.8 Å². The van der Waals surface area contributed by atoms with Gasteiger partial charge < -0.3 is 9.88 Å². The number of halogens is 1. The van der Waals surface area contributed by atoms with Crippen molar-refractivity contribution < 1.29 is 4.79 Å². The van der Waals surface area contributed by atoms with Gasteiger partial charge in [0, 0.05) is 45.6 Å². The number of pyridine rings is 1. The number of benzene rings is 1. The first kappa shape index (κ1) is 21.2. The van der Waals surface area contributed by atoms with E-state index in [2.05, 4.69) is 26.7 Å². The van der Waals surface area contributed by atoms with Crippen molar-refractivity contribution in [2.45, 2.75) is 37.3 Å². The van der Waals surface area contributed by atoms with Gasteiger partial charge in [-0.3, -0.25) is 9.59 Å². The molecule has 0 bridgehead atoms. The van der Waals surface area contributed by atoms with Crippen LogP contribution in [-0.4, -0.2) is 17.0 Å². The number of aryl methyl sites for hydroxylation is 1. The third-order valence-corrected chi connectivity index (χ3v) is 7.36. The molecule has 7 heteroatoms. The highest BCUT2D eigenvalue weighted by atomic mass is 35.5. The van der Waals surface area contributed by atoms with Crippen LogP contribution < -0.4 is 10.7 Å². The molecule has 1 unspecified atom stereocenters. The maximum atomic E-state index is 13.1. The Morgan fingerprint density at radius 1 is 1.30 bits per heavy atom. The Labute approximate surface area is 189 Å². The molecule has 0 spiro atoms. The van der Waals surface area contributed by atoms with Crippen molar-refractivity contribution in [3.8, 4) is 5.69 Å². The van der Waals surface area contributed by atoms with Crippen molar-refractivity contribution in [3.05, 3.63) is 78.9 Å². The number of hydrogen-bond acceptors (Lipinski definition) is 4. The lowest BCUT2D eigenvalue weighted by Gasteiger charge is -2.20. The van der Waals surface area contributed by atoms with Crippen LogP contribution in [0.1, 0.15) is 46.4 Å². The van der Waals surface area contributed by atoms with Gasteiger partial charge in [-0.25, -0.2) is 0 Å². The lowest BCUT2D eigenvalue weighted by Crippen LogP contribution is -2.34. The summed E-state index contributed by atoms with van der Waals surface area (Å²) in [7, 11) is 0. The minimum absolute atomic E-state index is 0.0834. The number of thiophene rings is 1. The van der Waals surface area contributed by atoms with Gasteiger partial charge in [0.15, 0.2) is 5.43 Å². The third kappa shape index (κ3) is 4.09. The Hall–Kier alpha value is -2.02. The van der Waals surface area contributed by atoms with Gasteiger partial charge in [-0.1, -0.05) is 25.4 Å². The summed E-state index contributed by atoms with van der Waals surface area (Å²) in [6, 6.07) is 9.45. The number of fused-ring (bicyclic) bond motifs is 3. The number of nitrogens with zero attached hydrogens (tertiary/aromatic N) is 1. The summed E-state index contributed by atoms with van der Waals surface area (Å²) < 4.78 is 2.05. The summed E-state index contributed by atoms with van der Waals surface area (Å²) in [5.74, 6) is 0.00154. The summed E-state index contributed by atoms with van der Waals surface area (Å²) in [6.45, 7) is 6.51. The first-order valence-electron chi connectivity index (χ1n) is 9.87. The molecule has 3 heterocycles. The molecule has 2 aromatic heterocycles. The molecular formula is C23H23ClN2O2S2. The second-order valence-electron chi connectivity index (χ2n) is 7.89. The highest BCUT2D eigenvalue weighted by Gasteiger charge is 2.29. The Kier molecular flexibility index (Phi) is 6.09. The van der Waals surface area contributed by atoms with Crippen LogP contribution in [0.15, 0.2) is 50.8 Å². The fourth-order valence-corrected chi connectivity index (χ4v) is 6.07. The van der Waals surface area contributed by atoms with E-state index in [-0.39, 0.29) is 22.1 Å². The molecule has 0 saturated carbocycles. The Bertz CT molecular complexity index is 1150. The first-order chi connectivity index (χ1) is 14.3. The third-order valence-electron chi connectivity index (χ3n) is 5.12. The van der Waals surface area contributed by atoms with Crippen molar-refractivity contribution in [2.24, 2.45) is 5.92 Å². The largest absolute Gasteiger partial charge is 0.352 e. The normalized spacial score (nSPS) is 15.4. The Morgan fingerprint density at radius 3 is 2.80 bits per heavy atom. The molecule has 0 radical (unpaired) electrons. The van der Waals surface area contributed by atoms with E-state index in [1.165, 1.54) is 5.56 Å². The van der Waals surface area contributed by atoms with Crippen molar-refractivity contribution in [2.75, 3.05) is 6.54 Å². The zero-order chi connectivity index (χ0) is 21.4. The van der Waals surface area contributed by atoms with E-state index in [9.17, 15) is 9.59 Å². The summed E-state index contributed by atoms with van der Waals surface area (Å²) in [4.78, 5) is 27.1. The zero-order valence-electron chi connectivity index (χ0n) is 17.1. The SMILES string of the molecule is Cc1cc(=O)c(C(=O)NCC(C)C)c2n1-c1ccc(Cl)cc1SC(c1ccsc1)C2. The standard InChI is InChI=1S/C23H23ClN2O2S2/c1-13(2)11-25-23(28)22-18-10-20(15-6-7-29-12-15)30-21-9-16(24)4-5-17(21)26(18)14(3)8-19(22)27/h4-9,12-13,20H,10-11H2,1-3H3,(H,25,28). The first-order valence-corrected chi connectivity index (χ1v) is 12.1. The molecule has 4 nitrogen and oxygen atoms in total. The smallest absolute Gasteiger partial charge is 0.257 e. The molecule has 1 aliphatic rings. The zero-order valence-corrected chi connectivity index (χ0v) is 19.5. The van der Waals surface area contributed by atoms with E-state index in [1.54, 1.807) is 29.2 Å². The van der Waals surface area contributed by atoms with Gasteiger partial charge in [-0.15, -0.1) is 11.8 Å². The van der Waals surface area contributed by atoms with E-state index in [1.807, 2.05) is 39.0 Å². The fourth-order valence-electron chi connectivity index (χ4n) is 3.73. The number of carbonyl (C=O) groups is 1. The predicted molar refractivity (Wildman–Crippen MR) is 126 cm³/mol. The molecule has 1 atom stereocenters. The van der Waals surface area contributed by atoms with E-state index in [0.717, 1.165) is 22.0 Å². The van der Waals surface area contributed by atoms with Crippen LogP contribution in [0.4, 0.5) is 0 Å². The van der Waals surface area contributed by atoms with Crippen LogP contribution in [0.3, 0.4) is 0 Å². The molecule has 156 valence electrons. The molecule has 0 saturated heterocycles. The number of aromatic nitrogens is 1. The quantitative estimate of drug-likeness (QED) is 0.550. The van der Waals surface area contributed by atoms with Gasteiger partial charge in [-0.2, -0.15) is 11.3 Å². The monoisotopic (exact) mass is 458 g/mol. The van der Waals surface area contributed by atoms with E-state index < -0.39 is 0 Å². The maximum Gasteiger partial charge on any atom is 0.257 e. The van der Waals surface area contributed by atoms with Crippen LogP contribution in [0.5, 0.6) is 0 Å². The maximum absolute atomic E-state index is 13.1.